The van der Waals surface area contributed by atoms with Crippen LogP contribution in [0.4, 0.5) is 13.2 Å². The number of nitrogens with zero attached hydrogens (tertiary/aromatic N) is 1. The molecular weight excluding hydrogens is 466 g/mol. The summed E-state index contributed by atoms with van der Waals surface area (Å²) in [5, 5.41) is 23.4. The summed E-state index contributed by atoms with van der Waals surface area (Å²) < 4.78 is 41.4. The van der Waals surface area contributed by atoms with Crippen molar-refractivity contribution in [1.29, 1.82) is 5.26 Å². The molecule has 0 amide bonds. The first-order valence-corrected chi connectivity index (χ1v) is 12.8. The van der Waals surface area contributed by atoms with E-state index in [1.807, 2.05) is 6.07 Å². The van der Waals surface area contributed by atoms with Crippen LogP contribution in [0, 0.1) is 11.3 Å². The molecule has 3 aromatic carbocycles. The van der Waals surface area contributed by atoms with E-state index in [1.165, 1.54) is 0 Å². The molecular formula is C26H25ClF3NOP+. The van der Waals surface area contributed by atoms with E-state index in [0.717, 1.165) is 0 Å². The molecule has 0 heterocycles. The maximum atomic E-state index is 14.7. The second kappa shape index (κ2) is 9.85. The number of aliphatic hydroxyl groups is 1. The molecule has 172 valence electrons. The van der Waals surface area contributed by atoms with Crippen molar-refractivity contribution in [3.8, 4) is 6.07 Å². The number of rotatable bonds is 8. The number of hydrogen-bond acceptors (Lipinski definition) is 2. The molecule has 0 aliphatic heterocycles. The van der Waals surface area contributed by atoms with Crippen LogP contribution in [0.1, 0.15) is 26.2 Å². The molecule has 0 radical (unpaired) electrons. The van der Waals surface area contributed by atoms with Gasteiger partial charge in [0.1, 0.15) is 22.0 Å². The number of nitriles is 1. The van der Waals surface area contributed by atoms with Gasteiger partial charge in [-0.15, -0.1) is 0 Å². The molecule has 2 unspecified atom stereocenters. The minimum Gasteiger partial charge on any atom is -0.375 e. The Kier molecular flexibility index (Phi) is 7.54. The lowest BCUT2D eigenvalue weighted by atomic mass is 9.92. The van der Waals surface area contributed by atoms with E-state index in [2.05, 4.69) is 0 Å². The third-order valence-electron chi connectivity index (χ3n) is 5.95. The van der Waals surface area contributed by atoms with Gasteiger partial charge in [-0.3, -0.25) is 0 Å². The van der Waals surface area contributed by atoms with Crippen molar-refractivity contribution in [1.82, 2.24) is 0 Å². The van der Waals surface area contributed by atoms with E-state index in [-0.39, 0.29) is 6.42 Å². The van der Waals surface area contributed by atoms with Gasteiger partial charge in [0.2, 0.25) is 5.60 Å². The Morgan fingerprint density at radius 3 is 1.45 bits per heavy atom. The molecule has 0 saturated heterocycles. The summed E-state index contributed by atoms with van der Waals surface area (Å²) in [5.41, 5.74) is -3.46. The second-order valence-corrected chi connectivity index (χ2v) is 12.3. The van der Waals surface area contributed by atoms with Crippen LogP contribution >= 0.6 is 18.9 Å². The highest BCUT2D eigenvalue weighted by Crippen LogP contribution is 2.73. The molecule has 2 atom stereocenters. The lowest BCUT2D eigenvalue weighted by molar-refractivity contribution is -0.263. The molecule has 0 aliphatic rings. The number of hydrogen-bond donors (Lipinski definition) is 1. The predicted molar refractivity (Wildman–Crippen MR) is 130 cm³/mol. The Hall–Kier alpha value is -2.38. The molecule has 0 spiro atoms. The molecule has 33 heavy (non-hydrogen) atoms. The van der Waals surface area contributed by atoms with E-state index >= 15 is 0 Å². The first-order valence-electron chi connectivity index (χ1n) is 10.6. The number of benzene rings is 3. The average molecular weight is 491 g/mol. The Balaban J connectivity index is 2.56. The Morgan fingerprint density at radius 2 is 1.18 bits per heavy atom. The highest BCUT2D eigenvalue weighted by molar-refractivity contribution is 7.98. The molecule has 0 bridgehead atoms. The van der Waals surface area contributed by atoms with Gasteiger partial charge in [-0.1, -0.05) is 86.0 Å². The van der Waals surface area contributed by atoms with E-state index in [1.54, 1.807) is 97.9 Å². The van der Waals surface area contributed by atoms with Crippen molar-refractivity contribution in [2.75, 3.05) is 0 Å². The standard InChI is InChI=1S/C26H25ClF3NOP/c1-2-3-19-24(32,26(28,29)30)25(27,20-31)33(21-13-7-4-8-14-21,22-15-9-5-10-16-22)23-17-11-6-12-18-23/h4-18,32H,2-3,19H2,1H3/q+1. The first-order chi connectivity index (χ1) is 15.7. The lowest BCUT2D eigenvalue weighted by Crippen LogP contribution is -2.64. The summed E-state index contributed by atoms with van der Waals surface area (Å²) in [5.74, 6) is 0. The van der Waals surface area contributed by atoms with Crippen LogP contribution in [-0.4, -0.2) is 21.5 Å². The molecule has 0 aromatic heterocycles. The third-order valence-corrected chi connectivity index (χ3v) is 11.7. The van der Waals surface area contributed by atoms with Crippen LogP contribution in [0.5, 0.6) is 0 Å². The van der Waals surface area contributed by atoms with Gasteiger partial charge in [0.05, 0.1) is 0 Å². The largest absolute Gasteiger partial charge is 0.423 e. The van der Waals surface area contributed by atoms with Gasteiger partial charge >= 0.3 is 6.18 Å². The normalized spacial score (nSPS) is 15.8. The lowest BCUT2D eigenvalue weighted by Gasteiger charge is -2.45. The van der Waals surface area contributed by atoms with Crippen molar-refractivity contribution < 1.29 is 18.3 Å². The zero-order valence-corrected chi connectivity index (χ0v) is 19.8. The fourth-order valence-corrected chi connectivity index (χ4v) is 10.2. The van der Waals surface area contributed by atoms with E-state index in [0.29, 0.717) is 22.3 Å². The summed E-state index contributed by atoms with van der Waals surface area (Å²) in [6, 6.07) is 27.5. The summed E-state index contributed by atoms with van der Waals surface area (Å²) in [6.45, 7) is 1.73. The topological polar surface area (TPSA) is 44.0 Å². The molecule has 3 rings (SSSR count). The summed E-state index contributed by atoms with van der Waals surface area (Å²) in [4.78, 5) is 0. The molecule has 1 N–H and O–H groups in total. The molecule has 3 aromatic rings. The second-order valence-electron chi connectivity index (χ2n) is 7.87. The zero-order valence-electron chi connectivity index (χ0n) is 18.1. The summed E-state index contributed by atoms with van der Waals surface area (Å²) in [7, 11) is -3.60. The summed E-state index contributed by atoms with van der Waals surface area (Å²) in [6.07, 6.45) is -5.35. The van der Waals surface area contributed by atoms with Crippen LogP contribution < -0.4 is 15.9 Å². The van der Waals surface area contributed by atoms with Crippen LogP contribution in [0.3, 0.4) is 0 Å². The van der Waals surface area contributed by atoms with Gasteiger partial charge in [0.15, 0.2) is 7.26 Å². The van der Waals surface area contributed by atoms with Gasteiger partial charge in [-0.05, 0) is 42.8 Å². The SMILES string of the molecule is CCCCC(O)(C(F)(F)F)C(Cl)(C#N)[P+](c1ccccc1)(c1ccccc1)c1ccccc1. The molecule has 0 fully saturated rings. The molecule has 0 aliphatic carbocycles. The minimum absolute atomic E-state index is 0.0600. The minimum atomic E-state index is -5.14. The van der Waals surface area contributed by atoms with Crippen molar-refractivity contribution in [2.45, 2.75) is 42.6 Å². The van der Waals surface area contributed by atoms with Crippen LogP contribution in [0.15, 0.2) is 91.0 Å². The van der Waals surface area contributed by atoms with Crippen LogP contribution in [0.25, 0.3) is 0 Å². The number of unbranched alkanes of at least 4 members (excludes halogenated alkanes) is 1. The molecule has 2 nitrogen and oxygen atoms in total. The van der Waals surface area contributed by atoms with Crippen LogP contribution in [0.2, 0.25) is 0 Å². The van der Waals surface area contributed by atoms with Crippen molar-refractivity contribution in [3.63, 3.8) is 0 Å². The van der Waals surface area contributed by atoms with E-state index in [4.69, 9.17) is 11.6 Å². The fourth-order valence-electron chi connectivity index (χ4n) is 4.31. The highest BCUT2D eigenvalue weighted by atomic mass is 35.5. The quantitative estimate of drug-likeness (QED) is 0.314. The summed E-state index contributed by atoms with van der Waals surface area (Å²) >= 11 is 7.00. The maximum Gasteiger partial charge on any atom is 0.423 e. The molecule has 7 heteroatoms. The smallest absolute Gasteiger partial charge is 0.375 e. The number of alkyl halides is 4. The Morgan fingerprint density at radius 1 is 0.818 bits per heavy atom. The first kappa shape index (κ1) is 25.2. The highest BCUT2D eigenvalue weighted by Gasteiger charge is 2.79. The van der Waals surface area contributed by atoms with E-state index in [9.17, 15) is 23.5 Å². The zero-order chi connectivity index (χ0) is 24.2. The Labute approximate surface area is 198 Å². The van der Waals surface area contributed by atoms with Gasteiger partial charge in [-0.25, -0.2) is 0 Å². The van der Waals surface area contributed by atoms with Crippen molar-refractivity contribution in [3.05, 3.63) is 91.0 Å². The van der Waals surface area contributed by atoms with Gasteiger partial charge < -0.3 is 5.11 Å². The third kappa shape index (κ3) is 4.06. The molecule has 0 saturated carbocycles. The Bertz CT molecular complexity index is 993. The van der Waals surface area contributed by atoms with Crippen molar-refractivity contribution in [2.24, 2.45) is 0 Å². The monoisotopic (exact) mass is 490 g/mol. The van der Waals surface area contributed by atoms with Gasteiger partial charge in [-0.2, -0.15) is 18.4 Å². The van der Waals surface area contributed by atoms with Gasteiger partial charge in [0, 0.05) is 0 Å². The maximum absolute atomic E-state index is 14.7. The van der Waals surface area contributed by atoms with Gasteiger partial charge in [0.25, 0.3) is 4.62 Å². The van der Waals surface area contributed by atoms with Crippen LogP contribution in [-0.2, 0) is 0 Å². The van der Waals surface area contributed by atoms with E-state index < -0.39 is 30.1 Å². The van der Waals surface area contributed by atoms with Crippen molar-refractivity contribution >= 4 is 34.8 Å². The fraction of sp³-hybridized carbons (Fsp3) is 0.269. The predicted octanol–water partition coefficient (Wildman–Crippen LogP) is 5.92. The average Bonchev–Trinajstić information content (AvgIpc) is 2.84. The number of halogens is 4.